The largest absolute Gasteiger partial charge is 0.392 e. The van der Waals surface area contributed by atoms with Crippen LogP contribution in [0.15, 0.2) is 22.7 Å². The maximum Gasteiger partial charge on any atom is 0.138 e. The summed E-state index contributed by atoms with van der Waals surface area (Å²) in [6.45, 7) is 4.55. The van der Waals surface area contributed by atoms with Crippen molar-refractivity contribution in [2.75, 3.05) is 6.54 Å². The van der Waals surface area contributed by atoms with Gasteiger partial charge in [0.15, 0.2) is 0 Å². The third kappa shape index (κ3) is 2.76. The molecule has 2 heterocycles. The van der Waals surface area contributed by atoms with Crippen LogP contribution in [-0.2, 0) is 6.54 Å². The van der Waals surface area contributed by atoms with E-state index in [9.17, 15) is 13.9 Å². The summed E-state index contributed by atoms with van der Waals surface area (Å²) in [6.07, 6.45) is -0.183. The quantitative estimate of drug-likeness (QED) is 0.947. The van der Waals surface area contributed by atoms with Crippen molar-refractivity contribution in [3.63, 3.8) is 0 Å². The van der Waals surface area contributed by atoms with Crippen molar-refractivity contribution in [3.8, 4) is 0 Å². The Kier molecular flexibility index (Phi) is 3.97. The SMILES string of the molecule is Cc1noc(C)c1CN1CC(O)CC1c1cc(F)ccc1F. The molecule has 1 aromatic heterocycles. The highest BCUT2D eigenvalue weighted by Crippen LogP contribution is 2.35. The van der Waals surface area contributed by atoms with Crippen LogP contribution in [0.5, 0.6) is 0 Å². The normalized spacial score (nSPS) is 22.4. The number of benzene rings is 1. The predicted octanol–water partition coefficient (Wildman–Crippen LogP) is 2.88. The number of nitrogens with zero attached hydrogens (tertiary/aromatic N) is 2. The Labute approximate surface area is 127 Å². The van der Waals surface area contributed by atoms with Gasteiger partial charge in [0.2, 0.25) is 0 Å². The standard InChI is InChI=1S/C16H18F2N2O2/c1-9-14(10(2)22-19-9)8-20-7-12(21)6-16(20)13-5-11(17)3-4-15(13)18/h3-5,12,16,21H,6-8H2,1-2H3. The summed E-state index contributed by atoms with van der Waals surface area (Å²) >= 11 is 0. The molecule has 6 heteroatoms. The molecule has 1 saturated heterocycles. The van der Waals surface area contributed by atoms with Crippen LogP contribution in [0.4, 0.5) is 8.78 Å². The lowest BCUT2D eigenvalue weighted by molar-refractivity contribution is 0.172. The van der Waals surface area contributed by atoms with Crippen LogP contribution < -0.4 is 0 Å². The van der Waals surface area contributed by atoms with Crippen LogP contribution in [0.2, 0.25) is 0 Å². The number of aromatic nitrogens is 1. The first-order valence-electron chi connectivity index (χ1n) is 7.24. The van der Waals surface area contributed by atoms with Crippen LogP contribution in [0.25, 0.3) is 0 Å². The van der Waals surface area contributed by atoms with Gasteiger partial charge in [0.05, 0.1) is 11.8 Å². The van der Waals surface area contributed by atoms with Crippen LogP contribution in [0, 0.1) is 25.5 Å². The molecule has 0 saturated carbocycles. The van der Waals surface area contributed by atoms with Gasteiger partial charge in [0.25, 0.3) is 0 Å². The molecule has 22 heavy (non-hydrogen) atoms. The maximum atomic E-state index is 14.1. The molecule has 3 rings (SSSR count). The van der Waals surface area contributed by atoms with Gasteiger partial charge in [-0.2, -0.15) is 0 Å². The Morgan fingerprint density at radius 2 is 2.14 bits per heavy atom. The monoisotopic (exact) mass is 308 g/mol. The second-order valence-electron chi connectivity index (χ2n) is 5.80. The zero-order chi connectivity index (χ0) is 15.9. The summed E-state index contributed by atoms with van der Waals surface area (Å²) in [4.78, 5) is 1.94. The fourth-order valence-electron chi connectivity index (χ4n) is 3.08. The minimum atomic E-state index is -0.562. The lowest BCUT2D eigenvalue weighted by Gasteiger charge is -2.24. The van der Waals surface area contributed by atoms with E-state index in [-0.39, 0.29) is 11.6 Å². The molecule has 2 aromatic rings. The first-order chi connectivity index (χ1) is 10.5. The van der Waals surface area contributed by atoms with E-state index < -0.39 is 17.7 Å². The fourth-order valence-corrected chi connectivity index (χ4v) is 3.08. The van der Waals surface area contributed by atoms with Crippen LogP contribution in [0.1, 0.15) is 35.0 Å². The highest BCUT2D eigenvalue weighted by Gasteiger charge is 2.34. The van der Waals surface area contributed by atoms with Gasteiger partial charge in [-0.05, 0) is 38.5 Å². The van der Waals surface area contributed by atoms with E-state index in [1.165, 1.54) is 6.07 Å². The van der Waals surface area contributed by atoms with E-state index in [4.69, 9.17) is 4.52 Å². The molecule has 0 spiro atoms. The van der Waals surface area contributed by atoms with Gasteiger partial charge in [-0.15, -0.1) is 0 Å². The van der Waals surface area contributed by atoms with Crippen molar-refractivity contribution in [1.29, 1.82) is 0 Å². The summed E-state index contributed by atoms with van der Waals surface area (Å²) in [6, 6.07) is 3.07. The molecular weight excluding hydrogens is 290 g/mol. The number of halogens is 2. The molecule has 0 bridgehead atoms. The van der Waals surface area contributed by atoms with E-state index in [0.29, 0.717) is 25.3 Å². The Morgan fingerprint density at radius 1 is 1.36 bits per heavy atom. The van der Waals surface area contributed by atoms with Crippen molar-refractivity contribution >= 4 is 0 Å². The van der Waals surface area contributed by atoms with E-state index >= 15 is 0 Å². The molecule has 2 unspecified atom stereocenters. The van der Waals surface area contributed by atoms with E-state index in [2.05, 4.69) is 5.16 Å². The minimum Gasteiger partial charge on any atom is -0.392 e. The maximum absolute atomic E-state index is 14.1. The molecule has 0 amide bonds. The van der Waals surface area contributed by atoms with Crippen molar-refractivity contribution in [3.05, 3.63) is 52.4 Å². The Hall–Kier alpha value is -1.79. The summed E-state index contributed by atoms with van der Waals surface area (Å²) in [5, 5.41) is 13.9. The number of hydrogen-bond acceptors (Lipinski definition) is 4. The molecular formula is C16H18F2N2O2. The number of aliphatic hydroxyl groups excluding tert-OH is 1. The molecule has 4 nitrogen and oxygen atoms in total. The second kappa shape index (κ2) is 5.78. The van der Waals surface area contributed by atoms with Crippen molar-refractivity contribution in [2.24, 2.45) is 0 Å². The molecule has 1 N–H and O–H groups in total. The van der Waals surface area contributed by atoms with E-state index in [1.807, 2.05) is 18.7 Å². The zero-order valence-corrected chi connectivity index (χ0v) is 12.5. The van der Waals surface area contributed by atoms with Crippen LogP contribution >= 0.6 is 0 Å². The van der Waals surface area contributed by atoms with Gasteiger partial charge < -0.3 is 9.63 Å². The smallest absolute Gasteiger partial charge is 0.138 e. The van der Waals surface area contributed by atoms with Crippen molar-refractivity contribution in [1.82, 2.24) is 10.1 Å². The first-order valence-corrected chi connectivity index (χ1v) is 7.24. The minimum absolute atomic E-state index is 0.281. The lowest BCUT2D eigenvalue weighted by Crippen LogP contribution is -2.25. The number of β-amino-alcohol motifs (C(OH)–C–C–N with tert-alkyl or cyclic N) is 1. The molecule has 1 aromatic carbocycles. The Bertz CT molecular complexity index is 667. The molecule has 0 aliphatic carbocycles. The number of aryl methyl sites for hydroxylation is 2. The van der Waals surface area contributed by atoms with E-state index in [0.717, 1.165) is 23.4 Å². The number of rotatable bonds is 3. The zero-order valence-electron chi connectivity index (χ0n) is 12.5. The van der Waals surface area contributed by atoms with Crippen LogP contribution in [-0.4, -0.2) is 27.8 Å². The summed E-state index contributed by atoms with van der Waals surface area (Å²) in [5.74, 6) is -0.225. The Morgan fingerprint density at radius 3 is 2.82 bits per heavy atom. The Balaban J connectivity index is 1.91. The van der Waals surface area contributed by atoms with Crippen molar-refractivity contribution in [2.45, 2.75) is 39.0 Å². The van der Waals surface area contributed by atoms with Gasteiger partial charge in [-0.25, -0.2) is 8.78 Å². The average molecular weight is 308 g/mol. The van der Waals surface area contributed by atoms with Crippen LogP contribution in [0.3, 0.4) is 0 Å². The summed E-state index contributed by atoms with van der Waals surface area (Å²) in [7, 11) is 0. The van der Waals surface area contributed by atoms with Gasteiger partial charge in [0.1, 0.15) is 17.4 Å². The number of aliphatic hydroxyl groups is 1. The number of likely N-dealkylation sites (tertiary alicyclic amines) is 1. The highest BCUT2D eigenvalue weighted by atomic mass is 19.1. The number of hydrogen-bond donors (Lipinski definition) is 1. The molecule has 1 fully saturated rings. The average Bonchev–Trinajstić information content (AvgIpc) is 2.99. The molecule has 1 aliphatic rings. The predicted molar refractivity (Wildman–Crippen MR) is 76.1 cm³/mol. The van der Waals surface area contributed by atoms with E-state index in [1.54, 1.807) is 0 Å². The molecule has 0 radical (unpaired) electrons. The fraction of sp³-hybridized carbons (Fsp3) is 0.438. The van der Waals surface area contributed by atoms with Gasteiger partial charge in [-0.3, -0.25) is 4.90 Å². The molecule has 1 aliphatic heterocycles. The van der Waals surface area contributed by atoms with Gasteiger partial charge in [-0.1, -0.05) is 5.16 Å². The van der Waals surface area contributed by atoms with Gasteiger partial charge >= 0.3 is 0 Å². The third-order valence-corrected chi connectivity index (χ3v) is 4.24. The van der Waals surface area contributed by atoms with Crippen molar-refractivity contribution < 1.29 is 18.4 Å². The lowest BCUT2D eigenvalue weighted by atomic mass is 10.0. The first kappa shape index (κ1) is 15.1. The molecule has 118 valence electrons. The van der Waals surface area contributed by atoms with Gasteiger partial charge in [0, 0.05) is 30.3 Å². The summed E-state index contributed by atoms with van der Waals surface area (Å²) in [5.41, 5.74) is 1.98. The summed E-state index contributed by atoms with van der Waals surface area (Å²) < 4.78 is 32.7. The second-order valence-corrected chi connectivity index (χ2v) is 5.80. The third-order valence-electron chi connectivity index (χ3n) is 4.24. The highest BCUT2D eigenvalue weighted by molar-refractivity contribution is 5.26. The molecule has 2 atom stereocenters. The topological polar surface area (TPSA) is 49.5 Å².